The molecule has 92 valence electrons. The van der Waals surface area contributed by atoms with Crippen molar-refractivity contribution in [2.24, 2.45) is 7.05 Å². The summed E-state index contributed by atoms with van der Waals surface area (Å²) in [7, 11) is 1.93. The minimum Gasteiger partial charge on any atom is -0.368 e. The number of fused-ring (bicyclic) bond motifs is 1. The lowest BCUT2D eigenvalue weighted by Gasteiger charge is -1.97. The molecule has 8 heteroatoms. The first kappa shape index (κ1) is 11.0. The Morgan fingerprint density at radius 3 is 2.78 bits per heavy atom. The number of anilines is 1. The zero-order valence-corrected chi connectivity index (χ0v) is 10.7. The Morgan fingerprint density at radius 2 is 2.11 bits per heavy atom. The fourth-order valence-electron chi connectivity index (χ4n) is 1.68. The van der Waals surface area contributed by atoms with Gasteiger partial charge in [-0.1, -0.05) is 11.8 Å². The fraction of sp³-hybridized carbons (Fsp3) is 0.200. The molecule has 0 saturated heterocycles. The number of hydrogen-bond acceptors (Lipinski definition) is 6. The van der Waals surface area contributed by atoms with E-state index >= 15 is 0 Å². The van der Waals surface area contributed by atoms with E-state index in [4.69, 9.17) is 5.73 Å². The van der Waals surface area contributed by atoms with Crippen molar-refractivity contribution in [2.45, 2.75) is 5.16 Å². The molecule has 3 rings (SSSR count). The molecule has 3 aromatic heterocycles. The highest BCUT2D eigenvalue weighted by Gasteiger charge is 2.13. The van der Waals surface area contributed by atoms with Crippen molar-refractivity contribution in [1.29, 1.82) is 0 Å². The van der Waals surface area contributed by atoms with Crippen LogP contribution < -0.4 is 5.73 Å². The second-order valence-corrected chi connectivity index (χ2v) is 4.49. The van der Waals surface area contributed by atoms with Gasteiger partial charge in [-0.05, 0) is 18.4 Å². The van der Waals surface area contributed by atoms with Gasteiger partial charge in [-0.3, -0.25) is 0 Å². The fourth-order valence-corrected chi connectivity index (χ4v) is 2.04. The largest absolute Gasteiger partial charge is 0.368 e. The van der Waals surface area contributed by atoms with Gasteiger partial charge >= 0.3 is 0 Å². The van der Waals surface area contributed by atoms with Gasteiger partial charge in [-0.25, -0.2) is 0 Å². The van der Waals surface area contributed by atoms with Crippen molar-refractivity contribution in [3.8, 4) is 11.5 Å². The third-order valence-corrected chi connectivity index (χ3v) is 3.12. The molecule has 0 radical (unpaired) electrons. The summed E-state index contributed by atoms with van der Waals surface area (Å²) in [5.41, 5.74) is 6.73. The van der Waals surface area contributed by atoms with E-state index in [2.05, 4.69) is 20.1 Å². The number of nitrogens with zero attached hydrogens (tertiary/aromatic N) is 6. The van der Waals surface area contributed by atoms with Gasteiger partial charge in [-0.2, -0.15) is 19.5 Å². The summed E-state index contributed by atoms with van der Waals surface area (Å²) in [5, 5.41) is 4.91. The Balaban J connectivity index is 2.23. The number of aryl methyl sites for hydroxylation is 1. The maximum Gasteiger partial charge on any atom is 0.258 e. The van der Waals surface area contributed by atoms with Crippen LogP contribution in [0.4, 0.5) is 5.95 Å². The van der Waals surface area contributed by atoms with Gasteiger partial charge in [-0.15, -0.1) is 5.10 Å². The second kappa shape index (κ2) is 3.98. The van der Waals surface area contributed by atoms with Crippen molar-refractivity contribution >= 4 is 23.5 Å². The van der Waals surface area contributed by atoms with Crippen LogP contribution in [-0.2, 0) is 7.05 Å². The summed E-state index contributed by atoms with van der Waals surface area (Å²) in [6.07, 6.45) is 3.82. The molecular formula is C10H11N7S. The van der Waals surface area contributed by atoms with Gasteiger partial charge in [0.05, 0.1) is 5.69 Å². The quantitative estimate of drug-likeness (QED) is 0.687. The van der Waals surface area contributed by atoms with Crippen LogP contribution in [0.3, 0.4) is 0 Å². The van der Waals surface area contributed by atoms with Crippen LogP contribution in [0.15, 0.2) is 23.5 Å². The predicted octanol–water partition coefficient (Wildman–Crippen LogP) is 0.829. The summed E-state index contributed by atoms with van der Waals surface area (Å²) < 4.78 is 3.38. The van der Waals surface area contributed by atoms with Gasteiger partial charge in [0, 0.05) is 13.2 Å². The molecule has 0 saturated carbocycles. The number of aromatic nitrogens is 6. The first-order valence-corrected chi connectivity index (χ1v) is 6.47. The molecule has 0 atom stereocenters. The van der Waals surface area contributed by atoms with Crippen LogP contribution in [0, 0.1) is 0 Å². The van der Waals surface area contributed by atoms with Crippen LogP contribution in [0.1, 0.15) is 0 Å². The Morgan fingerprint density at radius 1 is 1.28 bits per heavy atom. The van der Waals surface area contributed by atoms with Gasteiger partial charge in [0.1, 0.15) is 0 Å². The molecule has 0 aromatic carbocycles. The molecule has 0 bridgehead atoms. The summed E-state index contributed by atoms with van der Waals surface area (Å²) in [4.78, 5) is 12.8. The van der Waals surface area contributed by atoms with Gasteiger partial charge in [0.15, 0.2) is 11.0 Å². The molecule has 0 aliphatic heterocycles. The van der Waals surface area contributed by atoms with E-state index in [1.165, 1.54) is 16.3 Å². The number of rotatable bonds is 2. The highest BCUT2D eigenvalue weighted by molar-refractivity contribution is 7.98. The first-order valence-electron chi connectivity index (χ1n) is 5.25. The number of hydrogen-bond donors (Lipinski definition) is 1. The molecule has 0 aliphatic rings. The molecule has 18 heavy (non-hydrogen) atoms. The normalized spacial score (nSPS) is 11.2. The lowest BCUT2D eigenvalue weighted by atomic mass is 10.4. The van der Waals surface area contributed by atoms with E-state index in [-0.39, 0.29) is 5.95 Å². The SMILES string of the molecule is CSc1nc(N)n2nc(-c3cccn3C)nc2n1. The van der Waals surface area contributed by atoms with Crippen LogP contribution >= 0.6 is 11.8 Å². The van der Waals surface area contributed by atoms with Crippen LogP contribution in [0.25, 0.3) is 17.3 Å². The Hall–Kier alpha value is -2.09. The van der Waals surface area contributed by atoms with Crippen molar-refractivity contribution in [2.75, 3.05) is 12.0 Å². The summed E-state index contributed by atoms with van der Waals surface area (Å²) >= 11 is 1.42. The zero-order chi connectivity index (χ0) is 12.7. The Bertz CT molecular complexity index is 714. The number of nitrogen functional groups attached to an aromatic ring is 1. The molecule has 0 amide bonds. The highest BCUT2D eigenvalue weighted by atomic mass is 32.2. The lowest BCUT2D eigenvalue weighted by molar-refractivity contribution is 0.847. The van der Waals surface area contributed by atoms with Crippen LogP contribution in [-0.4, -0.2) is 35.4 Å². The molecule has 0 unspecified atom stereocenters. The molecule has 3 heterocycles. The van der Waals surface area contributed by atoms with E-state index in [1.807, 2.05) is 36.2 Å². The van der Waals surface area contributed by atoms with Crippen molar-refractivity contribution < 1.29 is 0 Å². The molecule has 7 nitrogen and oxygen atoms in total. The topological polar surface area (TPSA) is 86.9 Å². The summed E-state index contributed by atoms with van der Waals surface area (Å²) in [5.74, 6) is 1.34. The molecular weight excluding hydrogens is 250 g/mol. The number of nitrogens with two attached hydrogens (primary N) is 1. The lowest BCUT2D eigenvalue weighted by Crippen LogP contribution is -2.04. The van der Waals surface area contributed by atoms with Crippen molar-refractivity contribution in [3.63, 3.8) is 0 Å². The maximum atomic E-state index is 5.83. The van der Waals surface area contributed by atoms with Gasteiger partial charge in [0.2, 0.25) is 5.95 Å². The van der Waals surface area contributed by atoms with E-state index in [1.54, 1.807) is 0 Å². The van der Waals surface area contributed by atoms with E-state index < -0.39 is 0 Å². The first-order chi connectivity index (χ1) is 8.69. The zero-order valence-electron chi connectivity index (χ0n) is 9.90. The molecule has 0 fully saturated rings. The second-order valence-electron chi connectivity index (χ2n) is 3.72. The minimum absolute atomic E-state index is 0.289. The van der Waals surface area contributed by atoms with E-state index in [9.17, 15) is 0 Å². The molecule has 3 aromatic rings. The standard InChI is InChI=1S/C10H11N7S/c1-16-5-3-4-6(16)7-12-9-14-10(18-2)13-8(11)17(9)15-7/h3-5H,1-2H3,(H2,11,12,13,14,15). The Kier molecular flexibility index (Phi) is 2.44. The molecule has 2 N–H and O–H groups in total. The Labute approximate surface area is 107 Å². The van der Waals surface area contributed by atoms with E-state index in [0.29, 0.717) is 16.8 Å². The third kappa shape index (κ3) is 1.61. The molecule has 0 spiro atoms. The van der Waals surface area contributed by atoms with Crippen molar-refractivity contribution in [3.05, 3.63) is 18.3 Å². The summed E-state index contributed by atoms with van der Waals surface area (Å²) in [6, 6.07) is 3.87. The van der Waals surface area contributed by atoms with Gasteiger partial charge < -0.3 is 10.3 Å². The van der Waals surface area contributed by atoms with Gasteiger partial charge in [0.25, 0.3) is 5.78 Å². The van der Waals surface area contributed by atoms with Crippen LogP contribution in [0.5, 0.6) is 0 Å². The average molecular weight is 261 g/mol. The molecule has 0 aliphatic carbocycles. The minimum atomic E-state index is 0.289. The van der Waals surface area contributed by atoms with Crippen molar-refractivity contribution in [1.82, 2.24) is 29.1 Å². The third-order valence-electron chi connectivity index (χ3n) is 2.57. The van der Waals surface area contributed by atoms with E-state index in [0.717, 1.165) is 5.69 Å². The average Bonchev–Trinajstić information content (AvgIpc) is 2.94. The maximum absolute atomic E-state index is 5.83. The monoisotopic (exact) mass is 261 g/mol. The smallest absolute Gasteiger partial charge is 0.258 e. The van der Waals surface area contributed by atoms with Crippen LogP contribution in [0.2, 0.25) is 0 Å². The predicted molar refractivity (Wildman–Crippen MR) is 69.2 cm³/mol. The summed E-state index contributed by atoms with van der Waals surface area (Å²) in [6.45, 7) is 0. The number of thioether (sulfide) groups is 1. The highest BCUT2D eigenvalue weighted by Crippen LogP contribution is 2.18.